The fourth-order valence-electron chi connectivity index (χ4n) is 1.99. The summed E-state index contributed by atoms with van der Waals surface area (Å²) < 4.78 is 0. The second kappa shape index (κ2) is 4.71. The molecule has 1 unspecified atom stereocenters. The number of piperazine rings is 1. The highest BCUT2D eigenvalue weighted by Gasteiger charge is 2.24. The highest BCUT2D eigenvalue weighted by Crippen LogP contribution is 2.10. The lowest BCUT2D eigenvalue weighted by molar-refractivity contribution is 0.0572. The SMILES string of the molecule is CC1CN(C(=O)c2cc[nH]c(=O)c2)CCN1C. The summed E-state index contributed by atoms with van der Waals surface area (Å²) in [6.45, 7) is 4.39. The molecule has 0 bridgehead atoms. The van der Waals surface area contributed by atoms with Crippen molar-refractivity contribution < 1.29 is 4.79 Å². The normalized spacial score (nSPS) is 21.5. The summed E-state index contributed by atoms with van der Waals surface area (Å²) in [5.74, 6) is -0.0592. The van der Waals surface area contributed by atoms with Gasteiger partial charge in [-0.3, -0.25) is 9.59 Å². The van der Waals surface area contributed by atoms with Crippen LogP contribution < -0.4 is 5.56 Å². The van der Waals surface area contributed by atoms with Crippen molar-refractivity contribution in [3.63, 3.8) is 0 Å². The van der Waals surface area contributed by atoms with Crippen molar-refractivity contribution in [2.45, 2.75) is 13.0 Å². The van der Waals surface area contributed by atoms with E-state index in [1.807, 2.05) is 0 Å². The van der Waals surface area contributed by atoms with Gasteiger partial charge in [0, 0.05) is 43.5 Å². The number of hydrogen-bond donors (Lipinski definition) is 1. The molecule has 5 heteroatoms. The zero-order chi connectivity index (χ0) is 12.4. The summed E-state index contributed by atoms with van der Waals surface area (Å²) in [5.41, 5.74) is 0.225. The first kappa shape index (κ1) is 11.9. The van der Waals surface area contributed by atoms with Crippen molar-refractivity contribution in [1.82, 2.24) is 14.8 Å². The number of carbonyl (C=O) groups is 1. The Hall–Kier alpha value is -1.62. The second-order valence-corrected chi connectivity index (χ2v) is 4.52. The largest absolute Gasteiger partial charge is 0.336 e. The van der Waals surface area contributed by atoms with Crippen LogP contribution in [0.4, 0.5) is 0 Å². The summed E-state index contributed by atoms with van der Waals surface area (Å²) in [6, 6.07) is 3.35. The van der Waals surface area contributed by atoms with E-state index in [4.69, 9.17) is 0 Å². The van der Waals surface area contributed by atoms with E-state index < -0.39 is 0 Å². The molecule has 0 aromatic carbocycles. The molecular formula is C12H17N3O2. The van der Waals surface area contributed by atoms with Gasteiger partial charge >= 0.3 is 0 Å². The molecule has 1 amide bonds. The molecule has 17 heavy (non-hydrogen) atoms. The van der Waals surface area contributed by atoms with Crippen LogP contribution in [-0.2, 0) is 0 Å². The van der Waals surface area contributed by atoms with Crippen LogP contribution in [0.3, 0.4) is 0 Å². The molecule has 1 atom stereocenters. The second-order valence-electron chi connectivity index (χ2n) is 4.52. The van der Waals surface area contributed by atoms with Gasteiger partial charge in [0.1, 0.15) is 0 Å². The van der Waals surface area contributed by atoms with Gasteiger partial charge in [0.2, 0.25) is 5.56 Å². The molecule has 5 nitrogen and oxygen atoms in total. The Balaban J connectivity index is 2.13. The molecule has 0 spiro atoms. The summed E-state index contributed by atoms with van der Waals surface area (Å²) >= 11 is 0. The molecule has 0 saturated carbocycles. The quantitative estimate of drug-likeness (QED) is 0.754. The molecule has 1 aliphatic rings. The Morgan fingerprint density at radius 2 is 2.24 bits per heavy atom. The number of hydrogen-bond acceptors (Lipinski definition) is 3. The number of pyridine rings is 1. The Labute approximate surface area is 100 Å². The number of carbonyl (C=O) groups excluding carboxylic acids is 1. The minimum atomic E-state index is -0.238. The lowest BCUT2D eigenvalue weighted by Gasteiger charge is -2.37. The van der Waals surface area contributed by atoms with E-state index in [1.54, 1.807) is 11.0 Å². The van der Waals surface area contributed by atoms with Gasteiger partial charge in [-0.25, -0.2) is 0 Å². The molecule has 1 fully saturated rings. The molecule has 2 rings (SSSR count). The van der Waals surface area contributed by atoms with Gasteiger partial charge in [0.05, 0.1) is 0 Å². The van der Waals surface area contributed by atoms with Crippen molar-refractivity contribution in [1.29, 1.82) is 0 Å². The first-order valence-electron chi connectivity index (χ1n) is 5.76. The van der Waals surface area contributed by atoms with Gasteiger partial charge in [0.15, 0.2) is 0 Å². The standard InChI is InChI=1S/C12H17N3O2/c1-9-8-15(6-5-14(9)2)12(17)10-3-4-13-11(16)7-10/h3-4,7,9H,5-6,8H2,1-2H3,(H,13,16). The van der Waals surface area contributed by atoms with Gasteiger partial charge < -0.3 is 14.8 Å². The van der Waals surface area contributed by atoms with Crippen LogP contribution >= 0.6 is 0 Å². The predicted molar refractivity (Wildman–Crippen MR) is 65.1 cm³/mol. The van der Waals surface area contributed by atoms with E-state index in [1.165, 1.54) is 12.3 Å². The molecule has 1 N–H and O–H groups in total. The van der Waals surface area contributed by atoms with E-state index in [9.17, 15) is 9.59 Å². The van der Waals surface area contributed by atoms with Crippen molar-refractivity contribution in [3.8, 4) is 0 Å². The molecule has 0 radical (unpaired) electrons. The number of aromatic nitrogens is 1. The first-order chi connectivity index (χ1) is 8.08. The topological polar surface area (TPSA) is 56.4 Å². The molecule has 1 aliphatic heterocycles. The first-order valence-corrected chi connectivity index (χ1v) is 5.76. The van der Waals surface area contributed by atoms with Crippen molar-refractivity contribution in [2.75, 3.05) is 26.7 Å². The van der Waals surface area contributed by atoms with Gasteiger partial charge in [-0.1, -0.05) is 0 Å². The predicted octanol–water partition coefficient (Wildman–Crippen LogP) is 0.151. The molecule has 2 heterocycles. The number of likely N-dealkylation sites (N-methyl/N-ethyl adjacent to an activating group) is 1. The molecule has 1 aromatic heterocycles. The zero-order valence-electron chi connectivity index (χ0n) is 10.1. The van der Waals surface area contributed by atoms with E-state index in [0.29, 0.717) is 24.7 Å². The van der Waals surface area contributed by atoms with Gasteiger partial charge in [-0.05, 0) is 20.0 Å². The maximum Gasteiger partial charge on any atom is 0.254 e. The molecule has 1 saturated heterocycles. The van der Waals surface area contributed by atoms with E-state index in [-0.39, 0.29) is 11.5 Å². The Kier molecular flexibility index (Phi) is 3.28. The maximum atomic E-state index is 12.2. The minimum Gasteiger partial charge on any atom is -0.336 e. The summed E-state index contributed by atoms with van der Waals surface area (Å²) in [6.07, 6.45) is 1.51. The van der Waals surface area contributed by atoms with Crippen molar-refractivity contribution >= 4 is 5.91 Å². The number of aromatic amines is 1. The number of amides is 1. The molecule has 1 aromatic rings. The van der Waals surface area contributed by atoms with Gasteiger partial charge in [0.25, 0.3) is 5.91 Å². The fourth-order valence-corrected chi connectivity index (χ4v) is 1.99. The zero-order valence-corrected chi connectivity index (χ0v) is 10.1. The van der Waals surface area contributed by atoms with E-state index in [2.05, 4.69) is 23.9 Å². The summed E-state index contributed by atoms with van der Waals surface area (Å²) in [5, 5.41) is 0. The fraction of sp³-hybridized carbons (Fsp3) is 0.500. The monoisotopic (exact) mass is 235 g/mol. The Morgan fingerprint density at radius 3 is 2.88 bits per heavy atom. The lowest BCUT2D eigenvalue weighted by Crippen LogP contribution is -2.52. The molecule has 0 aliphatic carbocycles. The van der Waals surface area contributed by atoms with Crippen LogP contribution in [0.5, 0.6) is 0 Å². The Bertz CT molecular complexity index is 469. The van der Waals surface area contributed by atoms with Crippen LogP contribution in [-0.4, -0.2) is 53.4 Å². The third-order valence-electron chi connectivity index (χ3n) is 3.27. The van der Waals surface area contributed by atoms with Crippen LogP contribution in [0.25, 0.3) is 0 Å². The number of nitrogens with one attached hydrogen (secondary N) is 1. The average Bonchev–Trinajstić information content (AvgIpc) is 2.32. The van der Waals surface area contributed by atoms with Gasteiger partial charge in [-0.15, -0.1) is 0 Å². The van der Waals surface area contributed by atoms with Crippen LogP contribution in [0.2, 0.25) is 0 Å². The number of rotatable bonds is 1. The van der Waals surface area contributed by atoms with Crippen LogP contribution in [0, 0.1) is 0 Å². The number of H-pyrrole nitrogens is 1. The van der Waals surface area contributed by atoms with Crippen molar-refractivity contribution in [3.05, 3.63) is 34.2 Å². The Morgan fingerprint density at radius 1 is 1.47 bits per heavy atom. The average molecular weight is 235 g/mol. The smallest absolute Gasteiger partial charge is 0.254 e. The van der Waals surface area contributed by atoms with Crippen molar-refractivity contribution in [2.24, 2.45) is 0 Å². The third kappa shape index (κ3) is 2.55. The highest BCUT2D eigenvalue weighted by molar-refractivity contribution is 5.94. The maximum absolute atomic E-state index is 12.2. The van der Waals surface area contributed by atoms with Gasteiger partial charge in [-0.2, -0.15) is 0 Å². The van der Waals surface area contributed by atoms with Crippen LogP contribution in [0.1, 0.15) is 17.3 Å². The number of nitrogens with zero attached hydrogens (tertiary/aromatic N) is 2. The lowest BCUT2D eigenvalue weighted by atomic mass is 10.1. The van der Waals surface area contributed by atoms with Crippen LogP contribution in [0.15, 0.2) is 23.1 Å². The molecule has 92 valence electrons. The minimum absolute atomic E-state index is 0.0592. The van der Waals surface area contributed by atoms with E-state index >= 15 is 0 Å². The summed E-state index contributed by atoms with van der Waals surface area (Å²) in [4.78, 5) is 29.9. The molecular weight excluding hydrogens is 218 g/mol. The summed E-state index contributed by atoms with van der Waals surface area (Å²) in [7, 11) is 2.06. The highest BCUT2D eigenvalue weighted by atomic mass is 16.2. The third-order valence-corrected chi connectivity index (χ3v) is 3.27. The van der Waals surface area contributed by atoms with E-state index in [0.717, 1.165) is 6.54 Å².